The van der Waals surface area contributed by atoms with Crippen LogP contribution in [0.4, 0.5) is 0 Å². The van der Waals surface area contributed by atoms with E-state index in [4.69, 9.17) is 4.74 Å². The highest BCUT2D eigenvalue weighted by atomic mass is 32.2. The summed E-state index contributed by atoms with van der Waals surface area (Å²) in [5.74, 6) is 1.17. The molecule has 1 aliphatic carbocycles. The Morgan fingerprint density at radius 1 is 1.05 bits per heavy atom. The van der Waals surface area contributed by atoms with Crippen LogP contribution in [0.1, 0.15) is 39.0 Å². The van der Waals surface area contributed by atoms with Crippen LogP contribution in [0.15, 0.2) is 0 Å². The average molecular weight is 330 g/mol. The fourth-order valence-electron chi connectivity index (χ4n) is 4.27. The van der Waals surface area contributed by atoms with Gasteiger partial charge in [0.15, 0.2) is 0 Å². The highest BCUT2D eigenvalue weighted by Gasteiger charge is 2.40. The minimum absolute atomic E-state index is 0.366. The van der Waals surface area contributed by atoms with E-state index in [1.165, 1.54) is 19.3 Å². The number of ether oxygens (including phenoxy) is 1. The molecule has 3 rings (SSSR count). The molecule has 0 spiro atoms. The molecular formula is C16H30N2O3S. The van der Waals surface area contributed by atoms with Crippen LogP contribution < -0.4 is 0 Å². The Kier molecular flexibility index (Phi) is 5.43. The van der Waals surface area contributed by atoms with E-state index >= 15 is 0 Å². The van der Waals surface area contributed by atoms with Crippen molar-refractivity contribution in [3.05, 3.63) is 0 Å². The van der Waals surface area contributed by atoms with Gasteiger partial charge in [0.25, 0.3) is 0 Å². The maximum absolute atomic E-state index is 12.8. The maximum Gasteiger partial charge on any atom is 0.214 e. The average Bonchev–Trinajstić information content (AvgIpc) is 2.92. The summed E-state index contributed by atoms with van der Waals surface area (Å²) in [4.78, 5) is 2.42. The number of hydrogen-bond donors (Lipinski definition) is 0. The van der Waals surface area contributed by atoms with Gasteiger partial charge in [-0.1, -0.05) is 26.2 Å². The third-order valence-corrected chi connectivity index (χ3v) is 7.60. The van der Waals surface area contributed by atoms with Crippen molar-refractivity contribution in [2.24, 2.45) is 11.8 Å². The van der Waals surface area contributed by atoms with Gasteiger partial charge in [0.1, 0.15) is 0 Å². The lowest BCUT2D eigenvalue weighted by molar-refractivity contribution is 0.0126. The van der Waals surface area contributed by atoms with E-state index in [0.29, 0.717) is 36.7 Å². The van der Waals surface area contributed by atoms with E-state index in [1.807, 2.05) is 0 Å². The molecule has 6 heteroatoms. The Balaban J connectivity index is 1.59. The van der Waals surface area contributed by atoms with Gasteiger partial charge in [0, 0.05) is 32.2 Å². The zero-order valence-corrected chi connectivity index (χ0v) is 14.6. The number of hydrogen-bond acceptors (Lipinski definition) is 4. The van der Waals surface area contributed by atoms with Gasteiger partial charge in [0.05, 0.1) is 19.0 Å². The Hall–Kier alpha value is -0.170. The second-order valence-corrected chi connectivity index (χ2v) is 9.31. The van der Waals surface area contributed by atoms with E-state index < -0.39 is 10.0 Å². The minimum atomic E-state index is -3.09. The molecule has 128 valence electrons. The third-order valence-electron chi connectivity index (χ3n) is 5.62. The van der Waals surface area contributed by atoms with Gasteiger partial charge in [-0.2, -0.15) is 0 Å². The van der Waals surface area contributed by atoms with Gasteiger partial charge in [0.2, 0.25) is 10.0 Å². The Morgan fingerprint density at radius 2 is 1.73 bits per heavy atom. The molecule has 2 saturated heterocycles. The molecule has 2 unspecified atom stereocenters. The van der Waals surface area contributed by atoms with Crippen molar-refractivity contribution in [2.45, 2.75) is 45.1 Å². The molecule has 0 N–H and O–H groups in total. The molecule has 3 aliphatic rings. The number of nitrogens with zero attached hydrogens (tertiary/aromatic N) is 2. The van der Waals surface area contributed by atoms with Crippen molar-refractivity contribution in [1.82, 2.24) is 9.21 Å². The summed E-state index contributed by atoms with van der Waals surface area (Å²) in [5, 5.41) is 0. The van der Waals surface area contributed by atoms with Crippen molar-refractivity contribution in [3.63, 3.8) is 0 Å². The third kappa shape index (κ3) is 3.83. The Bertz CT molecular complexity index is 456. The quantitative estimate of drug-likeness (QED) is 0.785. The molecule has 0 amide bonds. The molecule has 22 heavy (non-hydrogen) atoms. The van der Waals surface area contributed by atoms with Crippen LogP contribution in [-0.2, 0) is 14.8 Å². The van der Waals surface area contributed by atoms with E-state index in [9.17, 15) is 8.42 Å². The molecular weight excluding hydrogens is 300 g/mol. The lowest BCUT2D eigenvalue weighted by atomic mass is 9.91. The largest absolute Gasteiger partial charge is 0.379 e. The van der Waals surface area contributed by atoms with Gasteiger partial charge in [-0.05, 0) is 24.7 Å². The first-order valence-electron chi connectivity index (χ1n) is 8.86. The number of sulfonamides is 1. The first-order chi connectivity index (χ1) is 10.6. The van der Waals surface area contributed by atoms with Crippen molar-refractivity contribution < 1.29 is 13.2 Å². The first kappa shape index (κ1) is 16.7. The van der Waals surface area contributed by atoms with E-state index in [0.717, 1.165) is 39.1 Å². The van der Waals surface area contributed by atoms with Gasteiger partial charge < -0.3 is 4.74 Å². The fraction of sp³-hybridized carbons (Fsp3) is 1.00. The highest BCUT2D eigenvalue weighted by Crippen LogP contribution is 2.29. The van der Waals surface area contributed by atoms with E-state index in [2.05, 4.69) is 11.8 Å². The van der Waals surface area contributed by atoms with Crippen LogP contribution in [0.3, 0.4) is 0 Å². The molecule has 0 aromatic rings. The molecule has 3 fully saturated rings. The lowest BCUT2D eigenvalue weighted by Gasteiger charge is -2.34. The van der Waals surface area contributed by atoms with Gasteiger partial charge in [-0.15, -0.1) is 0 Å². The molecule has 0 bridgehead atoms. The van der Waals surface area contributed by atoms with Crippen molar-refractivity contribution in [3.8, 4) is 0 Å². The van der Waals surface area contributed by atoms with Crippen LogP contribution >= 0.6 is 0 Å². The standard InChI is InChI=1S/C16H30N2O3S/c1-14-11-18(12-16(14)17-7-9-21-10-8-17)22(19,20)13-15-5-3-2-4-6-15/h14-16H,2-13H2,1H3. The summed E-state index contributed by atoms with van der Waals surface area (Å²) in [6, 6.07) is 0.366. The maximum atomic E-state index is 12.8. The van der Waals surface area contributed by atoms with Crippen LogP contribution in [0.2, 0.25) is 0 Å². The zero-order valence-electron chi connectivity index (χ0n) is 13.7. The molecule has 1 saturated carbocycles. The predicted octanol–water partition coefficient (Wildman–Crippen LogP) is 1.55. The summed E-state index contributed by atoms with van der Waals surface area (Å²) in [7, 11) is -3.09. The highest BCUT2D eigenvalue weighted by molar-refractivity contribution is 7.89. The van der Waals surface area contributed by atoms with Crippen LogP contribution in [0, 0.1) is 11.8 Å². The fourth-order valence-corrected chi connectivity index (χ4v) is 6.26. The Morgan fingerprint density at radius 3 is 2.41 bits per heavy atom. The molecule has 0 radical (unpaired) electrons. The molecule has 2 heterocycles. The molecule has 5 nitrogen and oxygen atoms in total. The van der Waals surface area contributed by atoms with Crippen molar-refractivity contribution >= 4 is 10.0 Å². The summed E-state index contributed by atoms with van der Waals surface area (Å²) >= 11 is 0. The predicted molar refractivity (Wildman–Crippen MR) is 87.3 cm³/mol. The van der Waals surface area contributed by atoms with Crippen LogP contribution in [0.5, 0.6) is 0 Å². The normalized spacial score (nSPS) is 33.3. The lowest BCUT2D eigenvalue weighted by Crippen LogP contribution is -2.47. The monoisotopic (exact) mass is 330 g/mol. The number of morpholine rings is 1. The second-order valence-electron chi connectivity index (χ2n) is 7.29. The molecule has 0 aromatic heterocycles. The molecule has 2 atom stereocenters. The minimum Gasteiger partial charge on any atom is -0.379 e. The SMILES string of the molecule is CC1CN(S(=O)(=O)CC2CCCCC2)CC1N1CCOCC1. The van der Waals surface area contributed by atoms with Gasteiger partial charge in [-0.3, -0.25) is 4.90 Å². The van der Waals surface area contributed by atoms with Gasteiger partial charge >= 0.3 is 0 Å². The Labute approximate surface area is 135 Å². The summed E-state index contributed by atoms with van der Waals surface area (Å²) in [5.41, 5.74) is 0. The van der Waals surface area contributed by atoms with Crippen molar-refractivity contribution in [1.29, 1.82) is 0 Å². The van der Waals surface area contributed by atoms with Crippen LogP contribution in [0.25, 0.3) is 0 Å². The molecule has 2 aliphatic heterocycles. The summed E-state index contributed by atoms with van der Waals surface area (Å²) < 4.78 is 32.7. The number of rotatable bonds is 4. The first-order valence-corrected chi connectivity index (χ1v) is 10.5. The van der Waals surface area contributed by atoms with Gasteiger partial charge in [-0.25, -0.2) is 12.7 Å². The smallest absolute Gasteiger partial charge is 0.214 e. The topological polar surface area (TPSA) is 49.9 Å². The van der Waals surface area contributed by atoms with Crippen LogP contribution in [-0.4, -0.2) is 68.8 Å². The summed E-state index contributed by atoms with van der Waals surface area (Å²) in [6.45, 7) is 6.98. The second kappa shape index (κ2) is 7.16. The molecule has 0 aromatic carbocycles. The van der Waals surface area contributed by atoms with Crippen molar-refractivity contribution in [2.75, 3.05) is 45.1 Å². The van der Waals surface area contributed by atoms with E-state index in [-0.39, 0.29) is 0 Å². The summed E-state index contributed by atoms with van der Waals surface area (Å²) in [6.07, 6.45) is 5.86. The zero-order chi connectivity index (χ0) is 15.6. The van der Waals surface area contributed by atoms with E-state index in [1.54, 1.807) is 4.31 Å².